The molecule has 42 heavy (non-hydrogen) atoms. The summed E-state index contributed by atoms with van der Waals surface area (Å²) in [6.07, 6.45) is 4.97. The molecule has 9 heteroatoms. The van der Waals surface area contributed by atoms with Gasteiger partial charge in [-0.3, -0.25) is 9.59 Å². The number of rotatable bonds is 3. The van der Waals surface area contributed by atoms with E-state index >= 15 is 0 Å². The minimum atomic E-state index is -1.63. The van der Waals surface area contributed by atoms with Crippen molar-refractivity contribution in [1.82, 2.24) is 0 Å². The van der Waals surface area contributed by atoms with Gasteiger partial charge < -0.3 is 28.8 Å². The van der Waals surface area contributed by atoms with Gasteiger partial charge in [0.15, 0.2) is 6.10 Å². The first-order chi connectivity index (χ1) is 19.6. The lowest BCUT2D eigenvalue weighted by molar-refractivity contribution is -0.335. The van der Waals surface area contributed by atoms with Crippen LogP contribution >= 0.6 is 0 Å². The number of methoxy groups -OCH3 is 1. The highest BCUT2D eigenvalue weighted by Gasteiger charge is 2.90. The monoisotopic (exact) mass is 586 g/mol. The van der Waals surface area contributed by atoms with Gasteiger partial charge in [-0.2, -0.15) is 0 Å². The zero-order chi connectivity index (χ0) is 30.7. The lowest BCUT2D eigenvalue weighted by Crippen LogP contribution is -2.82. The highest BCUT2D eigenvalue weighted by molar-refractivity contribution is 5.87. The Morgan fingerprint density at radius 3 is 2.29 bits per heavy atom. The number of fused-ring (bicyclic) bond motifs is 9. The molecule has 0 radical (unpaired) electrons. The van der Waals surface area contributed by atoms with E-state index in [1.807, 2.05) is 0 Å². The first kappa shape index (κ1) is 29.8. The lowest BCUT2D eigenvalue weighted by atomic mass is 9.32. The van der Waals surface area contributed by atoms with Crippen molar-refractivity contribution in [3.63, 3.8) is 0 Å². The number of hydrogen-bond acceptors (Lipinski definition) is 9. The van der Waals surface area contributed by atoms with E-state index in [0.717, 1.165) is 19.3 Å². The predicted molar refractivity (Wildman–Crippen MR) is 151 cm³/mol. The van der Waals surface area contributed by atoms with E-state index in [1.54, 1.807) is 6.92 Å². The summed E-state index contributed by atoms with van der Waals surface area (Å²) in [4.78, 5) is 39.3. The molecule has 2 aliphatic heterocycles. The Balaban J connectivity index is 1.59. The molecule has 0 bridgehead atoms. The summed E-state index contributed by atoms with van der Waals surface area (Å²) in [5.74, 6) is -1.97. The Morgan fingerprint density at radius 2 is 1.64 bits per heavy atom. The Hall–Kier alpha value is -2.23. The fourth-order valence-corrected chi connectivity index (χ4v) is 11.3. The number of carbonyl (C=O) groups is 3. The second-order valence-electron chi connectivity index (χ2n) is 14.9. The summed E-state index contributed by atoms with van der Waals surface area (Å²) in [7, 11) is 1.28. The number of esters is 3. The minimum absolute atomic E-state index is 0.000690. The molecule has 1 N–H and O–H groups in total. The topological polar surface area (TPSA) is 121 Å². The number of hydrogen-bond donors (Lipinski definition) is 1. The smallest absolute Gasteiger partial charge is 0.342 e. The first-order valence-corrected chi connectivity index (χ1v) is 15.3. The van der Waals surface area contributed by atoms with Crippen LogP contribution < -0.4 is 0 Å². The SMILES string of the molecule is C=C1C[C@@]2(O)C3CC[C@]4(C)C(CC[C@@]5(C)COCC=C[C@H]54)[C@@]3(C)[C@H](OC(C)=O)[C@H](OC(C)=O)[C@@]2(C)[C@]2(C(=O)OC)O[C@H]12. The maximum atomic E-state index is 13.6. The van der Waals surface area contributed by atoms with Crippen molar-refractivity contribution in [1.29, 1.82) is 0 Å². The molecule has 4 saturated carbocycles. The molecule has 232 valence electrons. The van der Waals surface area contributed by atoms with Gasteiger partial charge in [0.05, 0.1) is 31.3 Å². The van der Waals surface area contributed by atoms with Gasteiger partial charge in [-0.25, -0.2) is 4.79 Å². The molecule has 6 rings (SSSR count). The maximum Gasteiger partial charge on any atom is 0.342 e. The molecule has 2 heterocycles. The number of epoxide rings is 1. The molecule has 1 saturated heterocycles. The third-order valence-corrected chi connectivity index (χ3v) is 13.0. The molecule has 0 amide bonds. The van der Waals surface area contributed by atoms with Crippen molar-refractivity contribution in [2.75, 3.05) is 20.3 Å². The van der Waals surface area contributed by atoms with Gasteiger partial charge in [-0.15, -0.1) is 0 Å². The standard InChI is InChI=1S/C33H46O9/c1-18-16-32(37)23-12-14-29(5)21-10-9-15-39-17-28(21,4)13-11-22(29)30(23,6)25(40-19(2)34)26(41-20(3)35)31(32,7)33(24(18)42-33)27(36)38-8/h9-10,21-26,37H,1,11-17H2,2-8H3/t21-,22?,23?,24-,25-,26+,28+,29+,30-,31-,32-,33+/m1/s1. The van der Waals surface area contributed by atoms with Gasteiger partial charge in [-0.05, 0) is 66.8 Å². The zero-order valence-corrected chi connectivity index (χ0v) is 26.0. The molecule has 0 spiro atoms. The van der Waals surface area contributed by atoms with Crippen LogP contribution in [0.2, 0.25) is 0 Å². The largest absolute Gasteiger partial charge is 0.467 e. The van der Waals surface area contributed by atoms with E-state index in [2.05, 4.69) is 39.5 Å². The average Bonchev–Trinajstić information content (AvgIpc) is 3.70. The average molecular weight is 587 g/mol. The Kier molecular flexibility index (Phi) is 6.49. The molecule has 5 fully saturated rings. The van der Waals surface area contributed by atoms with Crippen LogP contribution in [-0.2, 0) is 38.1 Å². The predicted octanol–water partition coefficient (Wildman–Crippen LogP) is 3.91. The summed E-state index contributed by atoms with van der Waals surface area (Å²) in [6, 6.07) is 0. The van der Waals surface area contributed by atoms with Crippen LogP contribution in [0.3, 0.4) is 0 Å². The Bertz CT molecular complexity index is 1260. The Labute approximate surface area is 248 Å². The molecule has 2 unspecified atom stereocenters. The number of ether oxygens (including phenoxy) is 5. The van der Waals surface area contributed by atoms with Gasteiger partial charge >= 0.3 is 17.9 Å². The van der Waals surface area contributed by atoms with Crippen molar-refractivity contribution < 1.29 is 43.2 Å². The Morgan fingerprint density at radius 1 is 1.00 bits per heavy atom. The first-order valence-electron chi connectivity index (χ1n) is 15.3. The van der Waals surface area contributed by atoms with Crippen molar-refractivity contribution in [2.45, 2.75) is 103 Å². The molecular weight excluding hydrogens is 540 g/mol. The van der Waals surface area contributed by atoms with Crippen LogP contribution in [0.5, 0.6) is 0 Å². The maximum absolute atomic E-state index is 13.6. The van der Waals surface area contributed by atoms with Gasteiger partial charge in [0, 0.05) is 25.7 Å². The minimum Gasteiger partial charge on any atom is -0.467 e. The van der Waals surface area contributed by atoms with Crippen LogP contribution in [-0.4, -0.2) is 72.9 Å². The van der Waals surface area contributed by atoms with Gasteiger partial charge in [0.2, 0.25) is 5.60 Å². The van der Waals surface area contributed by atoms with Crippen molar-refractivity contribution in [3.8, 4) is 0 Å². The van der Waals surface area contributed by atoms with Crippen molar-refractivity contribution in [3.05, 3.63) is 24.3 Å². The van der Waals surface area contributed by atoms with Crippen LogP contribution in [0.25, 0.3) is 0 Å². The number of carbonyl (C=O) groups excluding carboxylic acids is 3. The number of aliphatic hydroxyl groups is 1. The molecule has 9 nitrogen and oxygen atoms in total. The van der Waals surface area contributed by atoms with E-state index in [-0.39, 0.29) is 29.1 Å². The molecule has 0 aromatic heterocycles. The van der Waals surface area contributed by atoms with E-state index in [9.17, 15) is 19.5 Å². The summed E-state index contributed by atoms with van der Waals surface area (Å²) < 4.78 is 29.9. The molecule has 4 aliphatic carbocycles. The quantitative estimate of drug-likeness (QED) is 0.227. The zero-order valence-electron chi connectivity index (χ0n) is 26.0. The lowest BCUT2D eigenvalue weighted by Gasteiger charge is -2.73. The van der Waals surface area contributed by atoms with Crippen molar-refractivity contribution >= 4 is 17.9 Å². The van der Waals surface area contributed by atoms with Crippen LogP contribution in [0, 0.1) is 39.4 Å². The fourth-order valence-electron chi connectivity index (χ4n) is 11.3. The van der Waals surface area contributed by atoms with Crippen molar-refractivity contribution in [2.24, 2.45) is 39.4 Å². The normalized spacial score (nSPS) is 52.2. The second-order valence-corrected chi connectivity index (χ2v) is 14.9. The van der Waals surface area contributed by atoms with E-state index < -0.39 is 64.2 Å². The highest BCUT2D eigenvalue weighted by atomic mass is 16.7. The van der Waals surface area contributed by atoms with Crippen LogP contribution in [0.4, 0.5) is 0 Å². The molecular formula is C33H46O9. The summed E-state index contributed by atoms with van der Waals surface area (Å²) in [6.45, 7) is 16.6. The number of allylic oxidation sites excluding steroid dienone is 1. The fraction of sp³-hybridized carbons (Fsp3) is 0.788. The third kappa shape index (κ3) is 3.39. The van der Waals surface area contributed by atoms with E-state index in [1.165, 1.54) is 21.0 Å². The van der Waals surface area contributed by atoms with Crippen LogP contribution in [0.1, 0.15) is 73.6 Å². The molecule has 0 aromatic rings. The molecule has 12 atom stereocenters. The van der Waals surface area contributed by atoms with E-state index in [0.29, 0.717) is 25.2 Å². The summed E-state index contributed by atoms with van der Waals surface area (Å²) in [5.41, 5.74) is -5.15. The summed E-state index contributed by atoms with van der Waals surface area (Å²) in [5, 5.41) is 13.2. The van der Waals surface area contributed by atoms with Crippen LogP contribution in [0.15, 0.2) is 24.3 Å². The van der Waals surface area contributed by atoms with E-state index in [4.69, 9.17) is 23.7 Å². The summed E-state index contributed by atoms with van der Waals surface area (Å²) >= 11 is 0. The van der Waals surface area contributed by atoms with Gasteiger partial charge in [0.25, 0.3) is 0 Å². The molecule has 6 aliphatic rings. The molecule has 0 aromatic carbocycles. The van der Waals surface area contributed by atoms with Gasteiger partial charge in [-0.1, -0.05) is 39.5 Å². The highest BCUT2D eigenvalue weighted by Crippen LogP contribution is 2.78. The van der Waals surface area contributed by atoms with Gasteiger partial charge in [0.1, 0.15) is 12.2 Å². The second kappa shape index (κ2) is 9.14. The third-order valence-electron chi connectivity index (χ3n) is 13.0.